The molecule has 0 radical (unpaired) electrons. The number of halogens is 3. The zero-order chi connectivity index (χ0) is 25.5. The molecule has 37 heavy (non-hydrogen) atoms. The maximum Gasteiger partial charge on any atom is 0.246 e. The number of amides is 1. The van der Waals surface area contributed by atoms with Crippen molar-refractivity contribution in [2.45, 2.75) is 13.1 Å². The van der Waals surface area contributed by atoms with Gasteiger partial charge in [-0.2, -0.15) is 0 Å². The average molecular weight is 516 g/mol. The van der Waals surface area contributed by atoms with Crippen molar-refractivity contribution in [2.75, 3.05) is 5.32 Å². The average Bonchev–Trinajstić information content (AvgIpc) is 3.48. The first-order chi connectivity index (χ1) is 18.0. The second-order valence-corrected chi connectivity index (χ2v) is 9.09. The number of para-hydroxylation sites is 1. The Balaban J connectivity index is 1.32. The lowest BCUT2D eigenvalue weighted by Gasteiger charge is -2.23. The molecule has 3 heterocycles. The summed E-state index contributed by atoms with van der Waals surface area (Å²) >= 11 is 5.84. The van der Waals surface area contributed by atoms with Gasteiger partial charge in [-0.05, 0) is 60.0 Å². The molecular weight excluding hydrogens is 496 g/mol. The minimum atomic E-state index is -0.557. The van der Waals surface area contributed by atoms with Crippen LogP contribution in [0.15, 0.2) is 85.2 Å². The number of rotatable bonds is 5. The van der Waals surface area contributed by atoms with Gasteiger partial charge in [0.1, 0.15) is 35.5 Å². The molecule has 0 spiro atoms. The number of fused-ring (bicyclic) bond motifs is 2. The summed E-state index contributed by atoms with van der Waals surface area (Å²) in [7, 11) is 0. The summed E-state index contributed by atoms with van der Waals surface area (Å²) in [6.07, 6.45) is 5.33. The van der Waals surface area contributed by atoms with Gasteiger partial charge in [0.2, 0.25) is 5.91 Å². The molecule has 1 N–H and O–H groups in total. The number of nitrogens with one attached hydrogen (secondary N) is 1. The standard InChI is InChI=1S/C28H20ClF2N5O/c29-22-10-9-21(15-23(22)31)32-28-27(19-5-7-20(30)8-6-19)33-25-16-35(13-14-36(25)28)26(37)17-34-12-11-18-3-1-2-4-24(18)34/h1-15,32H,16-17H2. The van der Waals surface area contributed by atoms with Crippen LogP contribution in [-0.2, 0) is 17.9 Å². The molecular formula is C28H20ClF2N5O. The minimum absolute atomic E-state index is 0.0177. The molecule has 6 nitrogen and oxygen atoms in total. The molecule has 0 saturated carbocycles. The normalized spacial score (nSPS) is 12.7. The Morgan fingerprint density at radius 1 is 1.00 bits per heavy atom. The van der Waals surface area contributed by atoms with E-state index in [0.717, 1.165) is 10.9 Å². The molecule has 9 heteroatoms. The third-order valence-electron chi connectivity index (χ3n) is 6.30. The molecule has 0 bridgehead atoms. The van der Waals surface area contributed by atoms with Crippen molar-refractivity contribution in [3.8, 4) is 11.3 Å². The lowest BCUT2D eigenvalue weighted by Crippen LogP contribution is -2.31. The highest BCUT2D eigenvalue weighted by Crippen LogP contribution is 2.34. The minimum Gasteiger partial charge on any atom is -0.339 e. The van der Waals surface area contributed by atoms with E-state index in [0.29, 0.717) is 28.6 Å². The molecule has 184 valence electrons. The molecule has 1 aliphatic rings. The number of carbonyl (C=O) groups excluding carboxylic acids is 1. The molecule has 1 amide bonds. The Morgan fingerprint density at radius 2 is 1.81 bits per heavy atom. The van der Waals surface area contributed by atoms with Crippen molar-refractivity contribution in [3.05, 3.63) is 108 Å². The van der Waals surface area contributed by atoms with Crippen molar-refractivity contribution in [1.82, 2.24) is 19.0 Å². The van der Waals surface area contributed by atoms with E-state index >= 15 is 0 Å². The number of benzene rings is 3. The van der Waals surface area contributed by atoms with Crippen molar-refractivity contribution < 1.29 is 13.6 Å². The van der Waals surface area contributed by atoms with Gasteiger partial charge >= 0.3 is 0 Å². The van der Waals surface area contributed by atoms with E-state index in [4.69, 9.17) is 16.6 Å². The smallest absolute Gasteiger partial charge is 0.246 e. The van der Waals surface area contributed by atoms with Crippen LogP contribution in [0, 0.1) is 11.6 Å². The zero-order valence-corrected chi connectivity index (χ0v) is 20.2. The van der Waals surface area contributed by atoms with E-state index in [1.807, 2.05) is 41.1 Å². The van der Waals surface area contributed by atoms with Crippen molar-refractivity contribution in [3.63, 3.8) is 0 Å². The SMILES string of the molecule is O=C(Cn1ccc2ccccc21)N1C=Cn2c(nc(-c3ccc(F)cc3)c2Nc2ccc(Cl)c(F)c2)C1. The molecule has 0 unspecified atom stereocenters. The molecule has 6 rings (SSSR count). The number of nitrogens with zero attached hydrogens (tertiary/aromatic N) is 4. The summed E-state index contributed by atoms with van der Waals surface area (Å²) in [5, 5.41) is 4.30. The Bertz CT molecular complexity index is 1670. The second-order valence-electron chi connectivity index (χ2n) is 8.68. The van der Waals surface area contributed by atoms with Gasteiger partial charge in [0.15, 0.2) is 0 Å². The molecule has 0 atom stereocenters. The summed E-state index contributed by atoms with van der Waals surface area (Å²) in [6, 6.07) is 20.2. The summed E-state index contributed by atoms with van der Waals surface area (Å²) < 4.78 is 31.4. The maximum absolute atomic E-state index is 14.1. The van der Waals surface area contributed by atoms with Crippen LogP contribution < -0.4 is 5.32 Å². The lowest BCUT2D eigenvalue weighted by atomic mass is 10.1. The first kappa shape index (κ1) is 23.0. The Morgan fingerprint density at radius 3 is 2.62 bits per heavy atom. The van der Waals surface area contributed by atoms with Gasteiger partial charge in [0, 0.05) is 35.4 Å². The van der Waals surface area contributed by atoms with Crippen molar-refractivity contribution in [1.29, 1.82) is 0 Å². The Kier molecular flexibility index (Phi) is 5.73. The number of carbonyl (C=O) groups is 1. The van der Waals surface area contributed by atoms with Crippen LogP contribution in [0.2, 0.25) is 5.02 Å². The fourth-order valence-corrected chi connectivity index (χ4v) is 4.55. The molecule has 1 aliphatic heterocycles. The monoisotopic (exact) mass is 515 g/mol. The van der Waals surface area contributed by atoms with Gasteiger partial charge in [-0.25, -0.2) is 13.8 Å². The van der Waals surface area contributed by atoms with E-state index < -0.39 is 5.82 Å². The van der Waals surface area contributed by atoms with Crippen molar-refractivity contribution in [2.24, 2.45) is 0 Å². The number of anilines is 2. The van der Waals surface area contributed by atoms with Crippen LogP contribution >= 0.6 is 11.6 Å². The van der Waals surface area contributed by atoms with E-state index in [1.165, 1.54) is 24.3 Å². The van der Waals surface area contributed by atoms with Gasteiger partial charge in [-0.3, -0.25) is 9.36 Å². The summed E-state index contributed by atoms with van der Waals surface area (Å²) in [6.45, 7) is 0.415. The zero-order valence-electron chi connectivity index (χ0n) is 19.4. The number of hydrogen-bond acceptors (Lipinski definition) is 3. The Labute approximate surface area is 216 Å². The highest BCUT2D eigenvalue weighted by Gasteiger charge is 2.25. The van der Waals surface area contributed by atoms with Gasteiger partial charge in [-0.15, -0.1) is 0 Å². The van der Waals surface area contributed by atoms with E-state index in [-0.39, 0.29) is 29.8 Å². The predicted octanol–water partition coefficient (Wildman–Crippen LogP) is 6.65. The topological polar surface area (TPSA) is 55.1 Å². The van der Waals surface area contributed by atoms with E-state index in [9.17, 15) is 13.6 Å². The van der Waals surface area contributed by atoms with Crippen LogP contribution in [0.3, 0.4) is 0 Å². The number of imidazole rings is 1. The number of hydrogen-bond donors (Lipinski definition) is 1. The van der Waals surface area contributed by atoms with Crippen LogP contribution in [0.4, 0.5) is 20.3 Å². The summed E-state index contributed by atoms with van der Waals surface area (Å²) in [5.41, 5.74) is 2.67. The lowest BCUT2D eigenvalue weighted by molar-refractivity contribution is -0.129. The fraction of sp³-hybridized carbons (Fsp3) is 0.0714. The third-order valence-corrected chi connectivity index (χ3v) is 6.60. The molecule has 0 fully saturated rings. The number of aromatic nitrogens is 3. The maximum atomic E-state index is 14.1. The summed E-state index contributed by atoms with van der Waals surface area (Å²) in [4.78, 5) is 19.6. The van der Waals surface area contributed by atoms with Gasteiger partial charge < -0.3 is 14.8 Å². The first-order valence-corrected chi connectivity index (χ1v) is 11.9. The highest BCUT2D eigenvalue weighted by atomic mass is 35.5. The van der Waals surface area contributed by atoms with E-state index in [2.05, 4.69) is 5.32 Å². The highest BCUT2D eigenvalue weighted by molar-refractivity contribution is 6.30. The predicted molar refractivity (Wildman–Crippen MR) is 140 cm³/mol. The quantitative estimate of drug-likeness (QED) is 0.285. The Hall–Kier alpha value is -4.43. The summed E-state index contributed by atoms with van der Waals surface area (Å²) in [5.74, 6) is 0.145. The fourth-order valence-electron chi connectivity index (χ4n) is 4.43. The van der Waals surface area contributed by atoms with Crippen LogP contribution in [0.1, 0.15) is 5.82 Å². The first-order valence-electron chi connectivity index (χ1n) is 11.6. The van der Waals surface area contributed by atoms with E-state index in [1.54, 1.807) is 40.1 Å². The molecule has 0 saturated heterocycles. The van der Waals surface area contributed by atoms with Crippen molar-refractivity contribution >= 4 is 46.1 Å². The largest absolute Gasteiger partial charge is 0.339 e. The molecule has 5 aromatic rings. The van der Waals surface area contributed by atoms with Gasteiger partial charge in [-0.1, -0.05) is 29.8 Å². The molecule has 0 aliphatic carbocycles. The molecule has 2 aromatic heterocycles. The second kappa shape index (κ2) is 9.22. The van der Waals surface area contributed by atoms with Crippen LogP contribution in [0.25, 0.3) is 28.4 Å². The van der Waals surface area contributed by atoms with Gasteiger partial charge in [0.25, 0.3) is 0 Å². The van der Waals surface area contributed by atoms with Gasteiger partial charge in [0.05, 0.1) is 11.6 Å². The van der Waals surface area contributed by atoms with Crippen LogP contribution in [-0.4, -0.2) is 24.9 Å². The van der Waals surface area contributed by atoms with Crippen LogP contribution in [0.5, 0.6) is 0 Å². The molecule has 3 aromatic carbocycles. The third kappa shape index (κ3) is 4.36.